The highest BCUT2D eigenvalue weighted by Gasteiger charge is 2.10. The molecule has 0 fully saturated rings. The minimum absolute atomic E-state index is 0.253. The van der Waals surface area contributed by atoms with Gasteiger partial charge < -0.3 is 10.6 Å². The van der Waals surface area contributed by atoms with Gasteiger partial charge in [0.25, 0.3) is 0 Å². The number of urea groups is 1. The van der Waals surface area contributed by atoms with Crippen molar-refractivity contribution in [3.8, 4) is 11.1 Å². The van der Waals surface area contributed by atoms with Crippen LogP contribution in [0.25, 0.3) is 22.2 Å². The number of rotatable bonds is 4. The van der Waals surface area contributed by atoms with E-state index in [1.54, 1.807) is 18.6 Å². The lowest BCUT2D eigenvalue weighted by atomic mass is 10.0. The molecule has 0 aliphatic rings. The number of pyridine rings is 2. The van der Waals surface area contributed by atoms with Crippen molar-refractivity contribution in [3.63, 3.8) is 0 Å². The number of amides is 2. The van der Waals surface area contributed by atoms with Crippen molar-refractivity contribution in [1.29, 1.82) is 0 Å². The van der Waals surface area contributed by atoms with Crippen molar-refractivity contribution < 1.29 is 4.79 Å². The molecule has 0 saturated heterocycles. The van der Waals surface area contributed by atoms with Crippen LogP contribution in [-0.2, 0) is 6.54 Å². The number of carbonyl (C=O) groups excluding carboxylic acids is 1. The first-order valence-electron chi connectivity index (χ1n) is 8.54. The summed E-state index contributed by atoms with van der Waals surface area (Å²) in [6.07, 6.45) is 5.15. The summed E-state index contributed by atoms with van der Waals surface area (Å²) in [5.41, 5.74) is 5.48. The Morgan fingerprint density at radius 3 is 2.59 bits per heavy atom. The second-order valence-electron chi connectivity index (χ2n) is 6.15. The number of H-pyrrole nitrogens is 1. The standard InChI is InChI=1S/C20H18N6O/c1-13-18-17(8-11-22-19(18)26-25-13)15-2-4-16(5-3-15)24-20(27)23-12-14-6-9-21-10-7-14/h2-11H,12H2,1H3,(H,22,25,26)(H2,23,24,27). The number of benzene rings is 1. The maximum atomic E-state index is 12.1. The molecule has 3 aromatic heterocycles. The molecule has 0 radical (unpaired) electrons. The van der Waals surface area contributed by atoms with Crippen molar-refractivity contribution in [2.45, 2.75) is 13.5 Å². The van der Waals surface area contributed by atoms with Gasteiger partial charge in [0.2, 0.25) is 0 Å². The van der Waals surface area contributed by atoms with Crippen LogP contribution in [0.1, 0.15) is 11.3 Å². The van der Waals surface area contributed by atoms with E-state index < -0.39 is 0 Å². The minimum Gasteiger partial charge on any atom is -0.334 e. The largest absolute Gasteiger partial charge is 0.334 e. The van der Waals surface area contributed by atoms with Gasteiger partial charge in [0, 0.05) is 41.9 Å². The van der Waals surface area contributed by atoms with E-state index in [9.17, 15) is 4.79 Å². The molecule has 134 valence electrons. The van der Waals surface area contributed by atoms with Crippen LogP contribution in [0.4, 0.5) is 10.5 Å². The van der Waals surface area contributed by atoms with E-state index in [0.29, 0.717) is 12.2 Å². The Balaban J connectivity index is 1.46. The summed E-state index contributed by atoms with van der Waals surface area (Å²) in [4.78, 5) is 20.3. The molecule has 27 heavy (non-hydrogen) atoms. The molecule has 0 spiro atoms. The Morgan fingerprint density at radius 2 is 1.81 bits per heavy atom. The van der Waals surface area contributed by atoms with Crippen molar-refractivity contribution >= 4 is 22.8 Å². The lowest BCUT2D eigenvalue weighted by molar-refractivity contribution is 0.251. The van der Waals surface area contributed by atoms with Gasteiger partial charge in [-0.2, -0.15) is 5.10 Å². The number of anilines is 1. The predicted molar refractivity (Wildman–Crippen MR) is 104 cm³/mol. The third-order valence-corrected chi connectivity index (χ3v) is 4.29. The molecule has 4 aromatic rings. The van der Waals surface area contributed by atoms with Crippen molar-refractivity contribution in [3.05, 3.63) is 72.3 Å². The average molecular weight is 358 g/mol. The lowest BCUT2D eigenvalue weighted by Gasteiger charge is -2.09. The van der Waals surface area contributed by atoms with Crippen molar-refractivity contribution in [1.82, 2.24) is 25.5 Å². The Labute approximate surface area is 155 Å². The topological polar surface area (TPSA) is 95.6 Å². The third kappa shape index (κ3) is 3.62. The van der Waals surface area contributed by atoms with Gasteiger partial charge in [-0.3, -0.25) is 10.1 Å². The van der Waals surface area contributed by atoms with E-state index >= 15 is 0 Å². The maximum Gasteiger partial charge on any atom is 0.319 e. The van der Waals surface area contributed by atoms with Gasteiger partial charge in [-0.1, -0.05) is 12.1 Å². The highest BCUT2D eigenvalue weighted by atomic mass is 16.2. The van der Waals surface area contributed by atoms with E-state index in [0.717, 1.165) is 33.5 Å². The molecule has 0 aliphatic heterocycles. The van der Waals surface area contributed by atoms with Gasteiger partial charge in [-0.25, -0.2) is 9.78 Å². The number of aromatic nitrogens is 4. The number of nitrogens with one attached hydrogen (secondary N) is 3. The quantitative estimate of drug-likeness (QED) is 0.519. The van der Waals surface area contributed by atoms with Crippen LogP contribution in [0.5, 0.6) is 0 Å². The summed E-state index contributed by atoms with van der Waals surface area (Å²) in [5.74, 6) is 0. The SMILES string of the molecule is Cc1[nH]nc2nccc(-c3ccc(NC(=O)NCc4ccncc4)cc3)c12. The number of hydrogen-bond acceptors (Lipinski definition) is 4. The molecular formula is C20H18N6O. The number of nitrogens with zero attached hydrogens (tertiary/aromatic N) is 3. The molecule has 0 saturated carbocycles. The highest BCUT2D eigenvalue weighted by molar-refractivity contribution is 5.95. The molecule has 0 aliphatic carbocycles. The first-order chi connectivity index (χ1) is 13.2. The fourth-order valence-electron chi connectivity index (χ4n) is 2.93. The van der Waals surface area contributed by atoms with Crippen molar-refractivity contribution in [2.24, 2.45) is 0 Å². The van der Waals surface area contributed by atoms with Crippen LogP contribution in [-0.4, -0.2) is 26.2 Å². The molecule has 0 bridgehead atoms. The van der Waals surface area contributed by atoms with Crippen LogP contribution >= 0.6 is 0 Å². The summed E-state index contributed by atoms with van der Waals surface area (Å²) >= 11 is 0. The Bertz CT molecular complexity index is 1070. The van der Waals surface area contributed by atoms with Gasteiger partial charge in [0.15, 0.2) is 5.65 Å². The molecule has 0 unspecified atom stereocenters. The van der Waals surface area contributed by atoms with Crippen LogP contribution < -0.4 is 10.6 Å². The van der Waals surface area contributed by atoms with Gasteiger partial charge >= 0.3 is 6.03 Å². The van der Waals surface area contributed by atoms with Gasteiger partial charge in [0.05, 0.1) is 0 Å². The molecule has 3 N–H and O–H groups in total. The Kier molecular flexibility index (Phi) is 4.49. The third-order valence-electron chi connectivity index (χ3n) is 4.29. The van der Waals surface area contributed by atoms with Crippen molar-refractivity contribution in [2.75, 3.05) is 5.32 Å². The van der Waals surface area contributed by atoms with Gasteiger partial charge in [0.1, 0.15) is 0 Å². The molecule has 0 atom stereocenters. The first-order valence-corrected chi connectivity index (χ1v) is 8.54. The monoisotopic (exact) mass is 358 g/mol. The highest BCUT2D eigenvalue weighted by Crippen LogP contribution is 2.29. The van der Waals surface area contributed by atoms with Gasteiger partial charge in [-0.15, -0.1) is 0 Å². The molecule has 2 amide bonds. The Hall–Kier alpha value is -3.74. The summed E-state index contributed by atoms with van der Waals surface area (Å²) in [6, 6.07) is 13.1. The first kappa shape index (κ1) is 16.7. The predicted octanol–water partition coefficient (Wildman–Crippen LogP) is 3.65. The number of aryl methyl sites for hydroxylation is 1. The molecule has 7 nitrogen and oxygen atoms in total. The van der Waals surface area contributed by atoms with Crippen LogP contribution in [0.3, 0.4) is 0 Å². The van der Waals surface area contributed by atoms with E-state index in [1.165, 1.54) is 0 Å². The lowest BCUT2D eigenvalue weighted by Crippen LogP contribution is -2.28. The Morgan fingerprint density at radius 1 is 1.04 bits per heavy atom. The number of carbonyl (C=O) groups is 1. The number of fused-ring (bicyclic) bond motifs is 1. The molecular weight excluding hydrogens is 340 g/mol. The second kappa shape index (κ2) is 7.25. The van der Waals surface area contributed by atoms with E-state index in [1.807, 2.05) is 49.4 Å². The fraction of sp³-hybridized carbons (Fsp3) is 0.100. The summed E-state index contributed by atoms with van der Waals surface area (Å²) < 4.78 is 0. The van der Waals surface area contributed by atoms with Gasteiger partial charge in [-0.05, 0) is 53.9 Å². The van der Waals surface area contributed by atoms with E-state index in [-0.39, 0.29) is 6.03 Å². The van der Waals surface area contributed by atoms with Crippen LogP contribution in [0.15, 0.2) is 61.1 Å². The molecule has 4 rings (SSSR count). The summed E-state index contributed by atoms with van der Waals surface area (Å²) in [5, 5.41) is 13.8. The summed E-state index contributed by atoms with van der Waals surface area (Å²) in [6.45, 7) is 2.42. The second-order valence-corrected chi connectivity index (χ2v) is 6.15. The average Bonchev–Trinajstić information content (AvgIpc) is 3.09. The van der Waals surface area contributed by atoms with Crippen LogP contribution in [0, 0.1) is 6.92 Å². The zero-order chi connectivity index (χ0) is 18.6. The molecule has 3 heterocycles. The van der Waals surface area contributed by atoms with Crippen LogP contribution in [0.2, 0.25) is 0 Å². The zero-order valence-electron chi connectivity index (χ0n) is 14.7. The fourth-order valence-corrected chi connectivity index (χ4v) is 2.93. The molecule has 1 aromatic carbocycles. The smallest absolute Gasteiger partial charge is 0.319 e. The number of hydrogen-bond donors (Lipinski definition) is 3. The maximum absolute atomic E-state index is 12.1. The number of aromatic amines is 1. The van der Waals surface area contributed by atoms with E-state index in [4.69, 9.17) is 0 Å². The minimum atomic E-state index is -0.253. The van der Waals surface area contributed by atoms with E-state index in [2.05, 4.69) is 30.8 Å². The normalized spacial score (nSPS) is 10.7. The zero-order valence-corrected chi connectivity index (χ0v) is 14.7. The summed E-state index contributed by atoms with van der Waals surface area (Å²) in [7, 11) is 0. The molecule has 7 heteroatoms.